The van der Waals surface area contributed by atoms with Crippen molar-refractivity contribution >= 4 is 23.2 Å². The Bertz CT molecular complexity index is 613. The summed E-state index contributed by atoms with van der Waals surface area (Å²) >= 11 is 5.47. The van der Waals surface area contributed by atoms with E-state index < -0.39 is 0 Å². The van der Waals surface area contributed by atoms with E-state index in [1.165, 1.54) is 0 Å². The molecule has 0 unspecified atom stereocenters. The van der Waals surface area contributed by atoms with Gasteiger partial charge < -0.3 is 10.1 Å². The highest BCUT2D eigenvalue weighted by Gasteiger charge is 2.54. The smallest absolute Gasteiger partial charge is 0.251 e. The van der Waals surface area contributed by atoms with E-state index in [4.69, 9.17) is 17.0 Å². The lowest BCUT2D eigenvalue weighted by Gasteiger charge is -2.33. The second kappa shape index (κ2) is 6.97. The van der Waals surface area contributed by atoms with E-state index in [1.807, 2.05) is 34.3 Å². The van der Waals surface area contributed by atoms with Crippen molar-refractivity contribution in [2.45, 2.75) is 38.0 Å². The molecule has 1 aliphatic carbocycles. The molecule has 0 radical (unpaired) electrons. The molecule has 24 heavy (non-hydrogen) atoms. The minimum absolute atomic E-state index is 0.172. The van der Waals surface area contributed by atoms with Crippen LogP contribution in [0.1, 0.15) is 38.2 Å². The average molecular weight is 347 g/mol. The third-order valence-corrected chi connectivity index (χ3v) is 5.18. The molecule has 0 atom stereocenters. The van der Waals surface area contributed by atoms with E-state index in [9.17, 15) is 4.79 Å². The van der Waals surface area contributed by atoms with Gasteiger partial charge in [0.1, 0.15) is 5.75 Å². The van der Waals surface area contributed by atoms with E-state index in [-0.39, 0.29) is 11.3 Å². The zero-order chi connectivity index (χ0) is 17.2. The summed E-state index contributed by atoms with van der Waals surface area (Å²) in [5, 5.41) is 7.68. The number of hydrazine groups is 1. The lowest BCUT2D eigenvalue weighted by Crippen LogP contribution is -2.52. The molecule has 130 valence electrons. The number of hydrogen-bond acceptors (Lipinski definition) is 3. The molecule has 0 spiro atoms. The first-order valence-corrected chi connectivity index (χ1v) is 9.05. The van der Waals surface area contributed by atoms with Crippen LogP contribution < -0.4 is 10.1 Å². The topological polar surface area (TPSA) is 44.8 Å². The molecular weight excluding hydrogens is 322 g/mol. The summed E-state index contributed by atoms with van der Waals surface area (Å²) in [7, 11) is 1.65. The number of methoxy groups -OCH3 is 1. The first-order chi connectivity index (χ1) is 11.6. The highest BCUT2D eigenvalue weighted by molar-refractivity contribution is 7.80. The standard InChI is InChI=1S/C18H25N3O2S/c1-3-11-19-17(24)21-13-4-12-20(21)16(22)18(9-10-18)14-5-7-15(23-2)8-6-14/h5-8H,3-4,9-13H2,1-2H3,(H,19,24). The molecule has 6 heteroatoms. The number of carbonyl (C=O) groups is 1. The molecule has 1 amide bonds. The molecule has 2 fully saturated rings. The molecule has 1 N–H and O–H groups in total. The first-order valence-electron chi connectivity index (χ1n) is 8.64. The van der Waals surface area contributed by atoms with Crippen LogP contribution in [0.15, 0.2) is 24.3 Å². The Kier molecular flexibility index (Phi) is 4.94. The lowest BCUT2D eigenvalue weighted by molar-refractivity contribution is -0.141. The number of nitrogens with zero attached hydrogens (tertiary/aromatic N) is 2. The Morgan fingerprint density at radius 3 is 2.50 bits per heavy atom. The molecule has 1 aromatic rings. The minimum atomic E-state index is -0.380. The maximum absolute atomic E-state index is 13.2. The Hall–Kier alpha value is -1.82. The second-order valence-corrected chi connectivity index (χ2v) is 6.83. The van der Waals surface area contributed by atoms with E-state index >= 15 is 0 Å². The monoisotopic (exact) mass is 347 g/mol. The zero-order valence-electron chi connectivity index (χ0n) is 14.4. The van der Waals surface area contributed by atoms with E-state index in [1.54, 1.807) is 7.11 Å². The predicted molar refractivity (Wildman–Crippen MR) is 97.8 cm³/mol. The van der Waals surface area contributed by atoms with E-state index in [2.05, 4.69) is 12.2 Å². The molecule has 1 aliphatic heterocycles. The molecule has 3 rings (SSSR count). The van der Waals surface area contributed by atoms with Crippen molar-refractivity contribution in [2.75, 3.05) is 26.7 Å². The van der Waals surface area contributed by atoms with Crippen LogP contribution in [0.5, 0.6) is 5.75 Å². The number of thiocarbonyl (C=S) groups is 1. The number of nitrogens with one attached hydrogen (secondary N) is 1. The number of amides is 1. The van der Waals surface area contributed by atoms with Crippen molar-refractivity contribution in [3.63, 3.8) is 0 Å². The number of ether oxygens (including phenoxy) is 1. The summed E-state index contributed by atoms with van der Waals surface area (Å²) in [6.07, 6.45) is 3.77. The SMILES string of the molecule is CCCNC(=S)N1CCCN1C(=O)C1(c2ccc(OC)cc2)CC1. The van der Waals surface area contributed by atoms with Crippen LogP contribution in [0, 0.1) is 0 Å². The largest absolute Gasteiger partial charge is 0.497 e. The fourth-order valence-electron chi connectivity index (χ4n) is 3.27. The second-order valence-electron chi connectivity index (χ2n) is 6.45. The number of hydrogen-bond donors (Lipinski definition) is 1. The maximum atomic E-state index is 13.2. The first kappa shape index (κ1) is 17.0. The van der Waals surface area contributed by atoms with Gasteiger partial charge in [0, 0.05) is 19.6 Å². The Morgan fingerprint density at radius 1 is 1.25 bits per heavy atom. The minimum Gasteiger partial charge on any atom is -0.497 e. The van der Waals surface area contributed by atoms with Gasteiger partial charge >= 0.3 is 0 Å². The molecule has 1 aromatic carbocycles. The lowest BCUT2D eigenvalue weighted by atomic mass is 9.94. The van der Waals surface area contributed by atoms with Crippen LogP contribution in [0.25, 0.3) is 0 Å². The van der Waals surface area contributed by atoms with Gasteiger partial charge in [0.05, 0.1) is 12.5 Å². The molecule has 1 heterocycles. The van der Waals surface area contributed by atoms with Gasteiger partial charge in [0.25, 0.3) is 5.91 Å². The fraction of sp³-hybridized carbons (Fsp3) is 0.556. The van der Waals surface area contributed by atoms with Crippen molar-refractivity contribution in [3.05, 3.63) is 29.8 Å². The molecule has 0 bridgehead atoms. The van der Waals surface area contributed by atoms with Gasteiger partial charge in [-0.2, -0.15) is 0 Å². The predicted octanol–water partition coefficient (Wildman–Crippen LogP) is 2.46. The van der Waals surface area contributed by atoms with Crippen molar-refractivity contribution in [1.82, 2.24) is 15.3 Å². The maximum Gasteiger partial charge on any atom is 0.251 e. The Balaban J connectivity index is 1.75. The normalized spacial score (nSPS) is 18.4. The number of rotatable bonds is 5. The van der Waals surface area contributed by atoms with Crippen molar-refractivity contribution < 1.29 is 9.53 Å². The summed E-state index contributed by atoms with van der Waals surface area (Å²) in [5.74, 6) is 0.987. The van der Waals surface area contributed by atoms with Crippen LogP contribution in [0.2, 0.25) is 0 Å². The summed E-state index contributed by atoms with van der Waals surface area (Å²) in [4.78, 5) is 13.2. The van der Waals surface area contributed by atoms with Crippen LogP contribution >= 0.6 is 12.2 Å². The summed E-state index contributed by atoms with van der Waals surface area (Å²) in [6, 6.07) is 7.88. The van der Waals surface area contributed by atoms with Gasteiger partial charge in [0.2, 0.25) is 0 Å². The van der Waals surface area contributed by atoms with Crippen molar-refractivity contribution in [1.29, 1.82) is 0 Å². The van der Waals surface area contributed by atoms with Gasteiger partial charge in [-0.1, -0.05) is 19.1 Å². The fourth-order valence-corrected chi connectivity index (χ4v) is 3.56. The molecule has 2 aliphatic rings. The quantitative estimate of drug-likeness (QED) is 0.829. The highest BCUT2D eigenvalue weighted by atomic mass is 32.1. The van der Waals surface area contributed by atoms with E-state index in [0.717, 1.165) is 56.6 Å². The molecule has 1 saturated carbocycles. The van der Waals surface area contributed by atoms with Gasteiger partial charge in [-0.3, -0.25) is 14.8 Å². The summed E-state index contributed by atoms with van der Waals surface area (Å²) in [5.41, 5.74) is 0.697. The van der Waals surface area contributed by atoms with Gasteiger partial charge in [0.15, 0.2) is 5.11 Å². The number of benzene rings is 1. The summed E-state index contributed by atoms with van der Waals surface area (Å²) in [6.45, 7) is 4.48. The van der Waals surface area contributed by atoms with E-state index in [0.29, 0.717) is 5.11 Å². The Labute approximate surface area is 148 Å². The third kappa shape index (κ3) is 3.07. The van der Waals surface area contributed by atoms with Crippen LogP contribution in [0.4, 0.5) is 0 Å². The van der Waals surface area contributed by atoms with Crippen LogP contribution in [-0.2, 0) is 10.2 Å². The van der Waals surface area contributed by atoms with Gasteiger partial charge in [-0.15, -0.1) is 0 Å². The van der Waals surface area contributed by atoms with Crippen LogP contribution in [-0.4, -0.2) is 47.8 Å². The number of carbonyl (C=O) groups excluding carboxylic acids is 1. The molecule has 0 aromatic heterocycles. The molecular formula is C18H25N3O2S. The average Bonchev–Trinajstić information content (AvgIpc) is 3.28. The molecule has 1 saturated heterocycles. The zero-order valence-corrected chi connectivity index (χ0v) is 15.2. The molecule has 5 nitrogen and oxygen atoms in total. The van der Waals surface area contributed by atoms with Crippen LogP contribution in [0.3, 0.4) is 0 Å². The highest BCUT2D eigenvalue weighted by Crippen LogP contribution is 2.50. The van der Waals surface area contributed by atoms with Crippen molar-refractivity contribution in [3.8, 4) is 5.75 Å². The summed E-state index contributed by atoms with van der Waals surface area (Å²) < 4.78 is 5.22. The van der Waals surface area contributed by atoms with Gasteiger partial charge in [-0.05, 0) is 55.6 Å². The van der Waals surface area contributed by atoms with Crippen molar-refractivity contribution in [2.24, 2.45) is 0 Å². The Morgan fingerprint density at radius 2 is 1.92 bits per heavy atom. The third-order valence-electron chi connectivity index (χ3n) is 4.83. The van der Waals surface area contributed by atoms with Gasteiger partial charge in [-0.25, -0.2) is 0 Å².